The van der Waals surface area contributed by atoms with Crippen LogP contribution in [0.2, 0.25) is 5.02 Å². The van der Waals surface area contributed by atoms with Crippen LogP contribution in [0.3, 0.4) is 0 Å². The Kier molecular flexibility index (Phi) is 5.75. The second kappa shape index (κ2) is 6.84. The number of methoxy groups -OCH3 is 1. The molecule has 1 unspecified atom stereocenters. The monoisotopic (exact) mass is 256 g/mol. The highest BCUT2D eigenvalue weighted by molar-refractivity contribution is 6.32. The Morgan fingerprint density at radius 3 is 2.76 bits per heavy atom. The molecule has 0 radical (unpaired) electrons. The standard InChI is InChI=1S/C13H21ClN2O/c1-9-7-13(17-3)11(14)8-10(9)12(15)5-4-6-16-2/h7-8,12,16H,4-6,15H2,1-3H3. The fourth-order valence-corrected chi connectivity index (χ4v) is 2.13. The van der Waals surface area contributed by atoms with Gasteiger partial charge in [-0.1, -0.05) is 11.6 Å². The van der Waals surface area contributed by atoms with Crippen LogP contribution in [0.15, 0.2) is 12.1 Å². The molecule has 0 amide bonds. The molecule has 1 aromatic rings. The number of nitrogens with one attached hydrogen (secondary N) is 1. The van der Waals surface area contributed by atoms with Crippen LogP contribution in [-0.4, -0.2) is 20.7 Å². The van der Waals surface area contributed by atoms with E-state index in [1.807, 2.05) is 26.1 Å². The summed E-state index contributed by atoms with van der Waals surface area (Å²) in [5.41, 5.74) is 8.40. The van der Waals surface area contributed by atoms with E-state index < -0.39 is 0 Å². The van der Waals surface area contributed by atoms with E-state index in [9.17, 15) is 0 Å². The van der Waals surface area contributed by atoms with Gasteiger partial charge >= 0.3 is 0 Å². The second-order valence-corrected chi connectivity index (χ2v) is 4.60. The molecule has 1 atom stereocenters. The first-order valence-corrected chi connectivity index (χ1v) is 6.22. The maximum Gasteiger partial charge on any atom is 0.137 e. The first-order valence-electron chi connectivity index (χ1n) is 5.84. The van der Waals surface area contributed by atoms with Gasteiger partial charge in [0.15, 0.2) is 0 Å². The number of rotatable bonds is 6. The SMILES string of the molecule is CNCCCC(N)c1cc(Cl)c(OC)cc1C. The molecule has 0 saturated heterocycles. The predicted molar refractivity (Wildman–Crippen MR) is 72.8 cm³/mol. The van der Waals surface area contributed by atoms with Gasteiger partial charge in [0.05, 0.1) is 12.1 Å². The molecule has 0 bridgehead atoms. The summed E-state index contributed by atoms with van der Waals surface area (Å²) in [6, 6.07) is 3.89. The van der Waals surface area contributed by atoms with Gasteiger partial charge in [0, 0.05) is 6.04 Å². The molecule has 0 fully saturated rings. The third-order valence-corrected chi connectivity index (χ3v) is 3.18. The summed E-state index contributed by atoms with van der Waals surface area (Å²) in [4.78, 5) is 0. The third-order valence-electron chi connectivity index (χ3n) is 2.88. The van der Waals surface area contributed by atoms with Gasteiger partial charge < -0.3 is 15.8 Å². The molecule has 0 aliphatic carbocycles. The fraction of sp³-hybridized carbons (Fsp3) is 0.538. The van der Waals surface area contributed by atoms with Gasteiger partial charge in [0.25, 0.3) is 0 Å². The van der Waals surface area contributed by atoms with Crippen LogP contribution in [-0.2, 0) is 0 Å². The van der Waals surface area contributed by atoms with Gasteiger partial charge in [-0.05, 0) is 56.6 Å². The van der Waals surface area contributed by atoms with Crippen molar-refractivity contribution in [2.75, 3.05) is 20.7 Å². The molecule has 1 aromatic carbocycles. The molecule has 0 spiro atoms. The fourth-order valence-electron chi connectivity index (χ4n) is 1.88. The van der Waals surface area contributed by atoms with E-state index in [4.69, 9.17) is 22.1 Å². The average Bonchev–Trinajstić information content (AvgIpc) is 2.31. The van der Waals surface area contributed by atoms with Crippen LogP contribution in [0.5, 0.6) is 5.75 Å². The van der Waals surface area contributed by atoms with E-state index >= 15 is 0 Å². The van der Waals surface area contributed by atoms with Crippen molar-refractivity contribution in [2.24, 2.45) is 5.73 Å². The Labute approximate surface area is 108 Å². The van der Waals surface area contributed by atoms with E-state index in [0.717, 1.165) is 30.5 Å². The van der Waals surface area contributed by atoms with E-state index in [1.54, 1.807) is 7.11 Å². The number of benzene rings is 1. The number of ether oxygens (including phenoxy) is 1. The number of hydrogen-bond acceptors (Lipinski definition) is 3. The highest BCUT2D eigenvalue weighted by Gasteiger charge is 2.12. The van der Waals surface area contributed by atoms with Crippen LogP contribution in [0.4, 0.5) is 0 Å². The first-order chi connectivity index (χ1) is 8.10. The van der Waals surface area contributed by atoms with Crippen LogP contribution in [0, 0.1) is 6.92 Å². The van der Waals surface area contributed by atoms with Crippen LogP contribution >= 0.6 is 11.6 Å². The summed E-state index contributed by atoms with van der Waals surface area (Å²) in [5, 5.41) is 3.74. The quantitative estimate of drug-likeness (QED) is 0.770. The molecule has 1 rings (SSSR count). The van der Waals surface area contributed by atoms with Crippen molar-refractivity contribution in [3.8, 4) is 5.75 Å². The minimum absolute atomic E-state index is 0.0340. The molecule has 4 heteroatoms. The molecule has 0 aromatic heterocycles. The van der Waals surface area contributed by atoms with E-state index in [1.165, 1.54) is 0 Å². The van der Waals surface area contributed by atoms with Gasteiger partial charge in [0.2, 0.25) is 0 Å². The third kappa shape index (κ3) is 3.87. The zero-order valence-corrected chi connectivity index (χ0v) is 11.5. The lowest BCUT2D eigenvalue weighted by molar-refractivity contribution is 0.414. The van der Waals surface area contributed by atoms with Crippen molar-refractivity contribution in [1.29, 1.82) is 0 Å². The minimum Gasteiger partial charge on any atom is -0.495 e. The van der Waals surface area contributed by atoms with Crippen molar-refractivity contribution in [2.45, 2.75) is 25.8 Å². The zero-order valence-electron chi connectivity index (χ0n) is 10.7. The molecule has 0 saturated carbocycles. The molecular formula is C13H21ClN2O. The predicted octanol–water partition coefficient (Wildman–Crippen LogP) is 2.66. The lowest BCUT2D eigenvalue weighted by Crippen LogP contribution is -2.15. The second-order valence-electron chi connectivity index (χ2n) is 4.20. The van der Waals surface area contributed by atoms with Gasteiger partial charge in [-0.2, -0.15) is 0 Å². The van der Waals surface area contributed by atoms with Gasteiger partial charge in [0.1, 0.15) is 5.75 Å². The zero-order chi connectivity index (χ0) is 12.8. The molecule has 0 aliphatic rings. The van der Waals surface area contributed by atoms with E-state index in [2.05, 4.69) is 5.32 Å². The topological polar surface area (TPSA) is 47.3 Å². The number of nitrogens with two attached hydrogens (primary N) is 1. The molecule has 3 N–H and O–H groups in total. The summed E-state index contributed by atoms with van der Waals surface area (Å²) in [7, 11) is 3.56. The highest BCUT2D eigenvalue weighted by Crippen LogP contribution is 2.31. The van der Waals surface area contributed by atoms with Gasteiger partial charge in [-0.3, -0.25) is 0 Å². The van der Waals surface area contributed by atoms with Gasteiger partial charge in [-0.15, -0.1) is 0 Å². The summed E-state index contributed by atoms with van der Waals surface area (Å²) >= 11 is 6.11. The smallest absolute Gasteiger partial charge is 0.137 e. The normalized spacial score (nSPS) is 12.5. The largest absolute Gasteiger partial charge is 0.495 e. The Hall–Kier alpha value is -0.770. The molecular weight excluding hydrogens is 236 g/mol. The molecule has 17 heavy (non-hydrogen) atoms. The summed E-state index contributed by atoms with van der Waals surface area (Å²) in [5.74, 6) is 0.704. The van der Waals surface area contributed by atoms with Crippen molar-refractivity contribution >= 4 is 11.6 Å². The van der Waals surface area contributed by atoms with Crippen molar-refractivity contribution in [1.82, 2.24) is 5.32 Å². The van der Waals surface area contributed by atoms with Crippen molar-refractivity contribution < 1.29 is 4.74 Å². The Morgan fingerprint density at radius 1 is 1.47 bits per heavy atom. The molecule has 0 aliphatic heterocycles. The van der Waals surface area contributed by atoms with E-state index in [-0.39, 0.29) is 6.04 Å². The molecule has 3 nitrogen and oxygen atoms in total. The highest BCUT2D eigenvalue weighted by atomic mass is 35.5. The molecule has 0 heterocycles. The minimum atomic E-state index is 0.0340. The lowest BCUT2D eigenvalue weighted by Gasteiger charge is -2.16. The van der Waals surface area contributed by atoms with Crippen LogP contribution in [0.25, 0.3) is 0 Å². The maximum absolute atomic E-state index is 6.17. The van der Waals surface area contributed by atoms with E-state index in [0.29, 0.717) is 10.8 Å². The maximum atomic E-state index is 6.17. The van der Waals surface area contributed by atoms with Crippen molar-refractivity contribution in [3.63, 3.8) is 0 Å². The number of halogens is 1. The van der Waals surface area contributed by atoms with Crippen molar-refractivity contribution in [3.05, 3.63) is 28.3 Å². The Bertz CT molecular complexity index is 369. The molecule has 96 valence electrons. The summed E-state index contributed by atoms with van der Waals surface area (Å²) in [6.45, 7) is 3.02. The first kappa shape index (κ1) is 14.3. The Morgan fingerprint density at radius 2 is 2.18 bits per heavy atom. The Balaban J connectivity index is 2.79. The average molecular weight is 257 g/mol. The van der Waals surface area contributed by atoms with Crippen LogP contribution in [0.1, 0.15) is 30.0 Å². The number of hydrogen-bond donors (Lipinski definition) is 2. The number of aryl methyl sites for hydroxylation is 1. The summed E-state index contributed by atoms with van der Waals surface area (Å²) < 4.78 is 5.18. The summed E-state index contributed by atoms with van der Waals surface area (Å²) in [6.07, 6.45) is 2.01. The lowest BCUT2D eigenvalue weighted by atomic mass is 9.98. The van der Waals surface area contributed by atoms with Crippen LogP contribution < -0.4 is 15.8 Å². The van der Waals surface area contributed by atoms with Gasteiger partial charge in [-0.25, -0.2) is 0 Å².